The zero-order valence-corrected chi connectivity index (χ0v) is 13.8. The molecule has 1 aliphatic rings. The fraction of sp³-hybridized carbons (Fsp3) is 0.562. The first kappa shape index (κ1) is 19.8. The predicted octanol–water partition coefficient (Wildman–Crippen LogP) is 3.27. The number of carbonyl (C=O) groups excluding carboxylic acids is 1. The number of rotatable bonds is 3. The Hall–Kier alpha value is -1.27. The standard InChI is InChI=1S/C16H21F3N2O.ClH/c1-21(14-3-2-9-20-10-8-14)15(22)11-12-4-6-13(7-5-12)16(17,18)19;/h4-7,14,20H,2-3,8-11H2,1H3;1H. The molecule has 3 nitrogen and oxygen atoms in total. The summed E-state index contributed by atoms with van der Waals surface area (Å²) in [6, 6.07) is 5.01. The van der Waals surface area contributed by atoms with Crippen LogP contribution in [0.25, 0.3) is 0 Å². The Morgan fingerprint density at radius 1 is 1.22 bits per heavy atom. The molecule has 23 heavy (non-hydrogen) atoms. The highest BCUT2D eigenvalue weighted by atomic mass is 35.5. The van der Waals surface area contributed by atoms with Crippen molar-refractivity contribution < 1.29 is 18.0 Å². The van der Waals surface area contributed by atoms with Gasteiger partial charge in [0, 0.05) is 13.1 Å². The largest absolute Gasteiger partial charge is 0.416 e. The Morgan fingerprint density at radius 2 is 1.87 bits per heavy atom. The van der Waals surface area contributed by atoms with Gasteiger partial charge in [-0.2, -0.15) is 13.2 Å². The van der Waals surface area contributed by atoms with Crippen LogP contribution in [0, 0.1) is 0 Å². The van der Waals surface area contributed by atoms with Gasteiger partial charge >= 0.3 is 6.18 Å². The van der Waals surface area contributed by atoms with Gasteiger partial charge in [-0.25, -0.2) is 0 Å². The van der Waals surface area contributed by atoms with Crippen molar-refractivity contribution >= 4 is 18.3 Å². The van der Waals surface area contributed by atoms with Crippen LogP contribution in [-0.2, 0) is 17.4 Å². The molecule has 0 aliphatic carbocycles. The lowest BCUT2D eigenvalue weighted by molar-refractivity contribution is -0.137. The van der Waals surface area contributed by atoms with Gasteiger partial charge in [-0.3, -0.25) is 4.79 Å². The number of nitrogens with one attached hydrogen (secondary N) is 1. The van der Waals surface area contributed by atoms with Gasteiger partial charge in [0.25, 0.3) is 0 Å². The second-order valence-electron chi connectivity index (χ2n) is 5.71. The summed E-state index contributed by atoms with van der Waals surface area (Å²) in [5, 5.41) is 3.30. The number of hydrogen-bond acceptors (Lipinski definition) is 2. The monoisotopic (exact) mass is 350 g/mol. The highest BCUT2D eigenvalue weighted by Gasteiger charge is 2.30. The molecule has 2 rings (SSSR count). The van der Waals surface area contributed by atoms with E-state index in [2.05, 4.69) is 5.32 Å². The molecule has 0 bridgehead atoms. The smallest absolute Gasteiger partial charge is 0.342 e. The highest BCUT2D eigenvalue weighted by molar-refractivity contribution is 5.85. The maximum absolute atomic E-state index is 12.5. The van der Waals surface area contributed by atoms with Crippen molar-refractivity contribution in [2.45, 2.75) is 37.9 Å². The minimum Gasteiger partial charge on any atom is -0.342 e. The summed E-state index contributed by atoms with van der Waals surface area (Å²) in [5.41, 5.74) is -0.0801. The molecular weight excluding hydrogens is 329 g/mol. The molecule has 1 aromatic rings. The zero-order valence-electron chi connectivity index (χ0n) is 13.0. The molecule has 1 atom stereocenters. The number of carbonyl (C=O) groups is 1. The van der Waals surface area contributed by atoms with Crippen LogP contribution in [0.1, 0.15) is 30.4 Å². The SMILES string of the molecule is CN(C(=O)Cc1ccc(C(F)(F)F)cc1)C1CCCNCC1.Cl. The molecule has 1 aliphatic heterocycles. The number of amides is 1. The van der Waals surface area contributed by atoms with Crippen LogP contribution in [0.2, 0.25) is 0 Å². The molecule has 1 aromatic carbocycles. The van der Waals surface area contributed by atoms with Gasteiger partial charge in [0.2, 0.25) is 5.91 Å². The van der Waals surface area contributed by atoms with E-state index in [-0.39, 0.29) is 30.8 Å². The highest BCUT2D eigenvalue weighted by Crippen LogP contribution is 2.29. The number of benzene rings is 1. The Morgan fingerprint density at radius 3 is 2.48 bits per heavy atom. The zero-order chi connectivity index (χ0) is 16.2. The third-order valence-corrected chi connectivity index (χ3v) is 4.12. The van der Waals surface area contributed by atoms with Crippen LogP contribution in [0.3, 0.4) is 0 Å². The number of hydrogen-bond donors (Lipinski definition) is 1. The molecule has 1 N–H and O–H groups in total. The normalized spacial score (nSPS) is 18.7. The van der Waals surface area contributed by atoms with E-state index >= 15 is 0 Å². The van der Waals surface area contributed by atoms with Crippen LogP contribution in [0.5, 0.6) is 0 Å². The number of halogens is 4. The van der Waals surface area contributed by atoms with Crippen molar-refractivity contribution in [1.29, 1.82) is 0 Å². The molecule has 0 saturated carbocycles. The van der Waals surface area contributed by atoms with Crippen LogP contribution >= 0.6 is 12.4 Å². The van der Waals surface area contributed by atoms with Crippen molar-refractivity contribution in [2.75, 3.05) is 20.1 Å². The Balaban J connectivity index is 0.00000264. The molecule has 1 amide bonds. The molecule has 130 valence electrons. The lowest BCUT2D eigenvalue weighted by Crippen LogP contribution is -2.38. The Kier molecular flexibility index (Phi) is 7.35. The fourth-order valence-electron chi connectivity index (χ4n) is 2.70. The van der Waals surface area contributed by atoms with Crippen molar-refractivity contribution in [1.82, 2.24) is 10.2 Å². The summed E-state index contributed by atoms with van der Waals surface area (Å²) in [6.07, 6.45) is -1.30. The van der Waals surface area contributed by atoms with Gasteiger partial charge in [-0.05, 0) is 50.0 Å². The maximum Gasteiger partial charge on any atom is 0.416 e. The molecule has 1 fully saturated rings. The average molecular weight is 351 g/mol. The minimum absolute atomic E-state index is 0. The first-order valence-electron chi connectivity index (χ1n) is 7.50. The Bertz CT molecular complexity index is 497. The van der Waals surface area contributed by atoms with E-state index < -0.39 is 11.7 Å². The van der Waals surface area contributed by atoms with Crippen LogP contribution in [0.15, 0.2) is 24.3 Å². The van der Waals surface area contributed by atoms with Crippen molar-refractivity contribution in [3.8, 4) is 0 Å². The molecule has 1 unspecified atom stereocenters. The van der Waals surface area contributed by atoms with E-state index in [1.807, 2.05) is 0 Å². The van der Waals surface area contributed by atoms with Crippen LogP contribution < -0.4 is 5.32 Å². The topological polar surface area (TPSA) is 32.3 Å². The van der Waals surface area contributed by atoms with Crippen molar-refractivity contribution in [3.63, 3.8) is 0 Å². The summed E-state index contributed by atoms with van der Waals surface area (Å²) in [4.78, 5) is 14.0. The predicted molar refractivity (Wildman–Crippen MR) is 85.7 cm³/mol. The van der Waals surface area contributed by atoms with Crippen LogP contribution in [0.4, 0.5) is 13.2 Å². The Labute approximate surface area is 140 Å². The van der Waals surface area contributed by atoms with Gasteiger partial charge in [0.15, 0.2) is 0 Å². The molecule has 7 heteroatoms. The summed E-state index contributed by atoms with van der Waals surface area (Å²) < 4.78 is 37.5. The second-order valence-corrected chi connectivity index (χ2v) is 5.71. The van der Waals surface area contributed by atoms with Crippen molar-refractivity contribution in [3.05, 3.63) is 35.4 Å². The molecule has 0 aromatic heterocycles. The lowest BCUT2D eigenvalue weighted by Gasteiger charge is -2.27. The van der Waals surface area contributed by atoms with Gasteiger partial charge in [-0.1, -0.05) is 12.1 Å². The molecule has 0 spiro atoms. The van der Waals surface area contributed by atoms with E-state index in [4.69, 9.17) is 0 Å². The quantitative estimate of drug-likeness (QED) is 0.907. The van der Waals surface area contributed by atoms with E-state index in [1.54, 1.807) is 11.9 Å². The fourth-order valence-corrected chi connectivity index (χ4v) is 2.70. The van der Waals surface area contributed by atoms with E-state index in [9.17, 15) is 18.0 Å². The first-order chi connectivity index (χ1) is 10.4. The van der Waals surface area contributed by atoms with Gasteiger partial charge in [-0.15, -0.1) is 12.4 Å². The van der Waals surface area contributed by atoms with E-state index in [0.717, 1.165) is 44.5 Å². The van der Waals surface area contributed by atoms with Crippen LogP contribution in [-0.4, -0.2) is 37.0 Å². The number of alkyl halides is 3. The molecule has 1 saturated heterocycles. The lowest BCUT2D eigenvalue weighted by atomic mass is 10.1. The summed E-state index contributed by atoms with van der Waals surface area (Å²) in [5.74, 6) is -0.0494. The minimum atomic E-state index is -4.34. The molecule has 1 heterocycles. The van der Waals surface area contributed by atoms with Gasteiger partial charge < -0.3 is 10.2 Å². The average Bonchev–Trinajstić information content (AvgIpc) is 2.75. The van der Waals surface area contributed by atoms with Crippen molar-refractivity contribution in [2.24, 2.45) is 0 Å². The molecule has 0 radical (unpaired) electrons. The number of likely N-dealkylation sites (N-methyl/N-ethyl adjacent to an activating group) is 1. The maximum atomic E-state index is 12.5. The summed E-state index contributed by atoms with van der Waals surface area (Å²) in [7, 11) is 1.78. The summed E-state index contributed by atoms with van der Waals surface area (Å²) in [6.45, 7) is 1.86. The van der Waals surface area contributed by atoms with Gasteiger partial charge in [0.05, 0.1) is 12.0 Å². The molecular formula is C16H22ClF3N2O. The van der Waals surface area contributed by atoms with E-state index in [0.29, 0.717) is 5.56 Å². The second kappa shape index (κ2) is 8.55. The van der Waals surface area contributed by atoms with Gasteiger partial charge in [0.1, 0.15) is 0 Å². The third-order valence-electron chi connectivity index (χ3n) is 4.12. The number of nitrogens with zero attached hydrogens (tertiary/aromatic N) is 1. The third kappa shape index (κ3) is 5.70. The van der Waals surface area contributed by atoms with E-state index in [1.165, 1.54) is 12.1 Å². The summed E-state index contributed by atoms with van der Waals surface area (Å²) >= 11 is 0. The first-order valence-corrected chi connectivity index (χ1v) is 7.50.